The van der Waals surface area contributed by atoms with E-state index < -0.39 is 23.3 Å². The second kappa shape index (κ2) is 7.06. The van der Waals surface area contributed by atoms with Crippen LogP contribution >= 0.6 is 22.9 Å². The molecule has 4 rings (SSSR count). The van der Waals surface area contributed by atoms with Crippen LogP contribution in [0.25, 0.3) is 16.9 Å². The van der Waals surface area contributed by atoms with Crippen molar-refractivity contribution in [3.8, 4) is 11.3 Å². The average Bonchev–Trinajstić information content (AvgIpc) is 3.20. The number of nitrogens with one attached hydrogen (secondary N) is 1. The van der Waals surface area contributed by atoms with Gasteiger partial charge in [0.2, 0.25) is 0 Å². The molecule has 0 aromatic carbocycles. The summed E-state index contributed by atoms with van der Waals surface area (Å²) in [4.78, 5) is 18.6. The van der Waals surface area contributed by atoms with Crippen LogP contribution in [-0.4, -0.2) is 27.3 Å². The number of aryl methyl sites for hydroxylation is 1. The molecule has 0 radical (unpaired) electrons. The quantitative estimate of drug-likeness (QED) is 0.548. The minimum atomic E-state index is -2.91. The number of amides is 1. The molecule has 1 aliphatic carbocycles. The van der Waals surface area contributed by atoms with E-state index in [1.807, 2.05) is 17.5 Å². The average molecular weight is 438 g/mol. The van der Waals surface area contributed by atoms with Gasteiger partial charge in [0.15, 0.2) is 0 Å². The molecule has 1 unspecified atom stereocenters. The van der Waals surface area contributed by atoms with Gasteiger partial charge in [-0.15, -0.1) is 11.3 Å². The smallest absolute Gasteiger partial charge is 0.268 e. The fraction of sp³-hybridized carbons (Fsp3) is 0.429. The fourth-order valence-electron chi connectivity index (χ4n) is 4.15. The van der Waals surface area contributed by atoms with E-state index in [1.54, 1.807) is 38.2 Å². The van der Waals surface area contributed by atoms with Crippen LogP contribution in [-0.2, 0) is 0 Å². The monoisotopic (exact) mass is 437 g/mol. The largest absolute Gasteiger partial charge is 0.342 e. The van der Waals surface area contributed by atoms with Gasteiger partial charge in [-0.1, -0.05) is 25.4 Å². The number of hydrogen-bond acceptors (Lipinski definition) is 3. The molecular weight excluding hydrogens is 416 g/mol. The third-order valence-electron chi connectivity index (χ3n) is 5.70. The molecule has 1 atom stereocenters. The van der Waals surface area contributed by atoms with Crippen LogP contribution in [0.3, 0.4) is 0 Å². The molecule has 0 aliphatic heterocycles. The summed E-state index contributed by atoms with van der Waals surface area (Å²) in [6.07, 6.45) is 4.47. The zero-order valence-corrected chi connectivity index (χ0v) is 18.0. The predicted molar refractivity (Wildman–Crippen MR) is 112 cm³/mol. The number of hydrogen-bond donors (Lipinski definition) is 1. The van der Waals surface area contributed by atoms with Crippen LogP contribution in [0, 0.1) is 12.3 Å². The van der Waals surface area contributed by atoms with Crippen molar-refractivity contribution < 1.29 is 13.6 Å². The van der Waals surface area contributed by atoms with Crippen LogP contribution in [0.2, 0.25) is 5.02 Å². The van der Waals surface area contributed by atoms with Crippen molar-refractivity contribution in [2.24, 2.45) is 5.41 Å². The summed E-state index contributed by atoms with van der Waals surface area (Å²) >= 11 is 7.32. The number of imidazole rings is 1. The van der Waals surface area contributed by atoms with Crippen LogP contribution in [0.5, 0.6) is 0 Å². The lowest BCUT2D eigenvalue weighted by Gasteiger charge is -2.43. The Kier molecular flexibility index (Phi) is 4.94. The van der Waals surface area contributed by atoms with Crippen LogP contribution in [0.15, 0.2) is 30.6 Å². The Morgan fingerprint density at radius 1 is 1.34 bits per heavy atom. The molecule has 8 heteroatoms. The van der Waals surface area contributed by atoms with E-state index in [1.165, 1.54) is 11.3 Å². The lowest BCUT2D eigenvalue weighted by molar-refractivity contribution is -0.104. The molecule has 1 amide bonds. The molecule has 3 heterocycles. The van der Waals surface area contributed by atoms with Gasteiger partial charge in [0.25, 0.3) is 11.8 Å². The van der Waals surface area contributed by atoms with E-state index in [0.717, 1.165) is 16.1 Å². The highest BCUT2D eigenvalue weighted by Gasteiger charge is 2.51. The summed E-state index contributed by atoms with van der Waals surface area (Å²) in [5.74, 6) is -3.37. The molecule has 0 saturated heterocycles. The SMILES string of the molecule is Cc1sc(C(=O)NC2C(C)(C)CCCC2(F)F)cc1-c1cnc2cc(Cl)ccn12. The minimum absolute atomic E-state index is 0.194. The van der Waals surface area contributed by atoms with Gasteiger partial charge in [-0.25, -0.2) is 13.8 Å². The Balaban J connectivity index is 1.64. The minimum Gasteiger partial charge on any atom is -0.342 e. The van der Waals surface area contributed by atoms with Crippen LogP contribution in [0.4, 0.5) is 8.78 Å². The number of thiophene rings is 1. The van der Waals surface area contributed by atoms with Crippen LogP contribution in [0.1, 0.15) is 47.7 Å². The van der Waals surface area contributed by atoms with Crippen molar-refractivity contribution in [1.29, 1.82) is 0 Å². The molecule has 3 aromatic rings. The number of carbonyl (C=O) groups excluding carboxylic acids is 1. The van der Waals surface area contributed by atoms with Gasteiger partial charge in [0.05, 0.1) is 22.8 Å². The first-order chi connectivity index (χ1) is 13.6. The zero-order chi connectivity index (χ0) is 21.0. The maximum absolute atomic E-state index is 14.5. The molecule has 0 spiro atoms. The first-order valence-corrected chi connectivity index (χ1v) is 10.7. The molecule has 0 bridgehead atoms. The molecule has 1 N–H and O–H groups in total. The van der Waals surface area contributed by atoms with Gasteiger partial charge < -0.3 is 5.32 Å². The molecule has 1 saturated carbocycles. The highest BCUT2D eigenvalue weighted by Crippen LogP contribution is 2.44. The van der Waals surface area contributed by atoms with Gasteiger partial charge in [0.1, 0.15) is 5.65 Å². The summed E-state index contributed by atoms with van der Waals surface area (Å²) in [6, 6.07) is 4.09. The van der Waals surface area contributed by atoms with E-state index in [2.05, 4.69) is 10.3 Å². The first-order valence-electron chi connectivity index (χ1n) is 9.51. The molecule has 154 valence electrons. The number of carbonyl (C=O) groups is 1. The molecular formula is C21H22ClF2N3OS. The topological polar surface area (TPSA) is 46.4 Å². The fourth-order valence-corrected chi connectivity index (χ4v) is 5.23. The van der Waals surface area contributed by atoms with Crippen molar-refractivity contribution in [1.82, 2.24) is 14.7 Å². The van der Waals surface area contributed by atoms with Crippen molar-refractivity contribution in [3.05, 3.63) is 45.4 Å². The summed E-state index contributed by atoms with van der Waals surface area (Å²) in [7, 11) is 0. The van der Waals surface area contributed by atoms with E-state index in [0.29, 0.717) is 28.4 Å². The van der Waals surface area contributed by atoms with Gasteiger partial charge in [0, 0.05) is 34.1 Å². The second-order valence-corrected chi connectivity index (χ2v) is 10.00. The Hall–Kier alpha value is -1.99. The third kappa shape index (κ3) is 3.66. The molecule has 29 heavy (non-hydrogen) atoms. The van der Waals surface area contributed by atoms with E-state index in [9.17, 15) is 13.6 Å². The predicted octanol–water partition coefficient (Wildman–Crippen LogP) is 5.97. The summed E-state index contributed by atoms with van der Waals surface area (Å²) in [5.41, 5.74) is 1.72. The molecule has 1 fully saturated rings. The van der Waals surface area contributed by atoms with Gasteiger partial charge >= 0.3 is 0 Å². The van der Waals surface area contributed by atoms with Crippen molar-refractivity contribution >= 4 is 34.5 Å². The lowest BCUT2D eigenvalue weighted by Crippen LogP contribution is -2.57. The number of nitrogens with zero attached hydrogens (tertiary/aromatic N) is 2. The lowest BCUT2D eigenvalue weighted by atomic mass is 9.71. The highest BCUT2D eigenvalue weighted by molar-refractivity contribution is 7.14. The Morgan fingerprint density at radius 2 is 2.10 bits per heavy atom. The summed E-state index contributed by atoms with van der Waals surface area (Å²) in [6.45, 7) is 5.49. The normalized spacial score (nSPS) is 20.7. The van der Waals surface area contributed by atoms with E-state index >= 15 is 0 Å². The molecule has 1 aliphatic rings. The number of pyridine rings is 1. The summed E-state index contributed by atoms with van der Waals surface area (Å²) in [5, 5.41) is 3.22. The molecule has 3 aromatic heterocycles. The Bertz CT molecular complexity index is 1070. The number of alkyl halides is 2. The first kappa shape index (κ1) is 20.3. The Morgan fingerprint density at radius 3 is 2.83 bits per heavy atom. The van der Waals surface area contributed by atoms with Crippen molar-refractivity contribution in [3.63, 3.8) is 0 Å². The van der Waals surface area contributed by atoms with Crippen LogP contribution < -0.4 is 5.32 Å². The number of aromatic nitrogens is 2. The van der Waals surface area contributed by atoms with Gasteiger partial charge in [-0.3, -0.25) is 9.20 Å². The van der Waals surface area contributed by atoms with Gasteiger partial charge in [-0.05, 0) is 37.3 Å². The number of fused-ring (bicyclic) bond motifs is 1. The Labute approximate surface area is 176 Å². The number of rotatable bonds is 3. The third-order valence-corrected chi connectivity index (χ3v) is 6.99. The standard InChI is InChI=1S/C21H22ClF2N3OS/c1-12-14(15-11-25-17-9-13(22)5-8-27(15)17)10-16(29-12)18(28)26-19-20(2,3)6-4-7-21(19,23)24/h5,8-11,19H,4,6-7H2,1-3H3,(H,26,28). The molecule has 4 nitrogen and oxygen atoms in total. The van der Waals surface area contributed by atoms with Gasteiger partial charge in [-0.2, -0.15) is 0 Å². The van der Waals surface area contributed by atoms with E-state index in [4.69, 9.17) is 11.6 Å². The zero-order valence-electron chi connectivity index (χ0n) is 16.4. The highest BCUT2D eigenvalue weighted by atomic mass is 35.5. The number of halogens is 3. The van der Waals surface area contributed by atoms with Crippen molar-refractivity contribution in [2.45, 2.75) is 52.0 Å². The maximum Gasteiger partial charge on any atom is 0.268 e. The second-order valence-electron chi connectivity index (χ2n) is 8.31. The summed E-state index contributed by atoms with van der Waals surface area (Å²) < 4.78 is 30.9. The maximum atomic E-state index is 14.5. The van der Waals surface area contributed by atoms with Crippen molar-refractivity contribution in [2.75, 3.05) is 0 Å². The van der Waals surface area contributed by atoms with E-state index in [-0.39, 0.29) is 6.42 Å².